The number of anilines is 1. The van der Waals surface area contributed by atoms with Crippen LogP contribution in [-0.4, -0.2) is 17.5 Å². The van der Waals surface area contributed by atoms with Crippen LogP contribution in [0.25, 0.3) is 12.2 Å². The van der Waals surface area contributed by atoms with Crippen LogP contribution in [0.3, 0.4) is 0 Å². The maximum atomic E-state index is 13.1. The third-order valence-electron chi connectivity index (χ3n) is 5.74. The van der Waals surface area contributed by atoms with Crippen LogP contribution >= 0.6 is 0 Å². The molecule has 0 aliphatic rings. The Labute approximate surface area is 207 Å². The zero-order valence-electron chi connectivity index (χ0n) is 20.4. The Balaban J connectivity index is 1.81. The molecule has 35 heavy (non-hydrogen) atoms. The first-order valence-electron chi connectivity index (χ1n) is 11.9. The van der Waals surface area contributed by atoms with Crippen LogP contribution in [0.15, 0.2) is 91.0 Å². The predicted octanol–water partition coefficient (Wildman–Crippen LogP) is 6.49. The van der Waals surface area contributed by atoms with E-state index in [-0.39, 0.29) is 0 Å². The highest BCUT2D eigenvalue weighted by molar-refractivity contribution is 6.28. The van der Waals surface area contributed by atoms with Crippen molar-refractivity contribution in [3.05, 3.63) is 113 Å². The van der Waals surface area contributed by atoms with E-state index in [0.717, 1.165) is 17.5 Å². The summed E-state index contributed by atoms with van der Waals surface area (Å²) in [5.74, 6) is -2.86. The summed E-state index contributed by atoms with van der Waals surface area (Å²) in [7, 11) is 0. The van der Waals surface area contributed by atoms with Crippen molar-refractivity contribution in [2.24, 2.45) is 5.92 Å². The number of benzene rings is 3. The molecule has 1 atom stereocenters. The lowest BCUT2D eigenvalue weighted by Gasteiger charge is -2.12. The van der Waals surface area contributed by atoms with Gasteiger partial charge in [-0.1, -0.05) is 99.7 Å². The number of allylic oxidation sites excluding steroid dienone is 2. The average Bonchev–Trinajstić information content (AvgIpc) is 2.87. The fourth-order valence-corrected chi connectivity index (χ4v) is 3.54. The molecule has 0 saturated carbocycles. The first kappa shape index (κ1) is 25.6. The monoisotopic (exact) mass is 465 g/mol. The van der Waals surface area contributed by atoms with Crippen LogP contribution in [0.2, 0.25) is 0 Å². The molecule has 178 valence electrons. The summed E-state index contributed by atoms with van der Waals surface area (Å²) in [6.07, 6.45) is 6.80. The van der Waals surface area contributed by atoms with Gasteiger partial charge in [-0.2, -0.15) is 0 Å². The number of aryl methyl sites for hydroxylation is 1. The summed E-state index contributed by atoms with van der Waals surface area (Å²) < 4.78 is 0. The standard InChI is InChI=1S/C31H31NO3/c1-4-23-10-12-24(13-11-23)16-20-28(33)30(31(35)32-27-8-6-5-7-9-27)29(34)21-17-25-14-18-26(19-15-25)22(2)3/h5-22,30H,4H2,1-3H3,(H,32,35). The van der Waals surface area contributed by atoms with Gasteiger partial charge < -0.3 is 5.32 Å². The quantitative estimate of drug-likeness (QED) is 0.275. The second kappa shape index (κ2) is 12.4. The third-order valence-corrected chi connectivity index (χ3v) is 5.74. The molecule has 4 heteroatoms. The Morgan fingerprint density at radius 2 is 1.26 bits per heavy atom. The van der Waals surface area contributed by atoms with E-state index in [1.165, 1.54) is 23.3 Å². The van der Waals surface area contributed by atoms with Crippen LogP contribution in [0.5, 0.6) is 0 Å². The van der Waals surface area contributed by atoms with Gasteiger partial charge in [-0.3, -0.25) is 14.4 Å². The lowest BCUT2D eigenvalue weighted by atomic mass is 9.95. The molecule has 0 aliphatic heterocycles. The van der Waals surface area contributed by atoms with Gasteiger partial charge in [0.15, 0.2) is 17.5 Å². The Morgan fingerprint density at radius 3 is 1.74 bits per heavy atom. The molecule has 4 nitrogen and oxygen atoms in total. The van der Waals surface area contributed by atoms with Crippen LogP contribution in [0, 0.1) is 5.92 Å². The molecule has 1 N–H and O–H groups in total. The van der Waals surface area contributed by atoms with Crippen molar-refractivity contribution in [2.75, 3.05) is 5.32 Å². The largest absolute Gasteiger partial charge is 0.325 e. The molecule has 0 radical (unpaired) electrons. The fourth-order valence-electron chi connectivity index (χ4n) is 3.54. The second-order valence-electron chi connectivity index (χ2n) is 8.68. The Bertz CT molecular complexity index is 1200. The Kier molecular flexibility index (Phi) is 9.08. The molecule has 0 fully saturated rings. The minimum Gasteiger partial charge on any atom is -0.325 e. The maximum absolute atomic E-state index is 13.1. The average molecular weight is 466 g/mol. The lowest BCUT2D eigenvalue weighted by molar-refractivity contribution is -0.134. The number of nitrogens with one attached hydrogen (secondary N) is 1. The number of ketones is 2. The van der Waals surface area contributed by atoms with E-state index in [0.29, 0.717) is 11.6 Å². The van der Waals surface area contributed by atoms with Crippen molar-refractivity contribution in [1.29, 1.82) is 0 Å². The molecule has 0 spiro atoms. The lowest BCUT2D eigenvalue weighted by Crippen LogP contribution is -2.34. The topological polar surface area (TPSA) is 63.2 Å². The maximum Gasteiger partial charge on any atom is 0.243 e. The second-order valence-corrected chi connectivity index (χ2v) is 8.68. The van der Waals surface area contributed by atoms with Gasteiger partial charge in [0.05, 0.1) is 0 Å². The molecule has 1 amide bonds. The molecule has 3 rings (SSSR count). The third kappa shape index (κ3) is 7.47. The SMILES string of the molecule is CCc1ccc(C=CC(=O)C(C(=O)C=Cc2ccc(C(C)C)cc2)C(=O)Nc2ccccc2)cc1. The van der Waals surface area contributed by atoms with Gasteiger partial charge in [0.2, 0.25) is 5.91 Å². The summed E-state index contributed by atoms with van der Waals surface area (Å²) in [6, 6.07) is 24.4. The number of rotatable bonds is 10. The van der Waals surface area contributed by atoms with E-state index in [2.05, 4.69) is 26.1 Å². The summed E-state index contributed by atoms with van der Waals surface area (Å²) in [5.41, 5.74) is 4.56. The number of para-hydroxylation sites is 1. The van der Waals surface area contributed by atoms with Gasteiger partial charge in [-0.05, 0) is 58.9 Å². The minimum absolute atomic E-state index is 0.406. The van der Waals surface area contributed by atoms with Crippen LogP contribution < -0.4 is 5.32 Å². The van der Waals surface area contributed by atoms with Gasteiger partial charge in [-0.15, -0.1) is 0 Å². The molecular formula is C31H31NO3. The minimum atomic E-state index is -1.48. The molecular weight excluding hydrogens is 434 g/mol. The smallest absolute Gasteiger partial charge is 0.243 e. The molecule has 0 aromatic heterocycles. The fraction of sp³-hybridized carbons (Fsp3) is 0.194. The Hall–Kier alpha value is -4.05. The highest BCUT2D eigenvalue weighted by Crippen LogP contribution is 2.17. The normalized spacial score (nSPS) is 12.2. The first-order chi connectivity index (χ1) is 16.9. The van der Waals surface area contributed by atoms with E-state index < -0.39 is 23.4 Å². The molecule has 0 aliphatic carbocycles. The van der Waals surface area contributed by atoms with Crippen molar-refractivity contribution < 1.29 is 14.4 Å². The van der Waals surface area contributed by atoms with Crippen LogP contribution in [0.1, 0.15) is 48.9 Å². The Morgan fingerprint density at radius 1 is 0.743 bits per heavy atom. The van der Waals surface area contributed by atoms with E-state index in [4.69, 9.17) is 0 Å². The van der Waals surface area contributed by atoms with Crippen molar-refractivity contribution in [1.82, 2.24) is 0 Å². The van der Waals surface area contributed by atoms with Crippen LogP contribution in [0.4, 0.5) is 5.69 Å². The van der Waals surface area contributed by atoms with Gasteiger partial charge in [0.25, 0.3) is 0 Å². The van der Waals surface area contributed by atoms with E-state index in [1.807, 2.05) is 54.6 Å². The van der Waals surface area contributed by atoms with Crippen molar-refractivity contribution >= 4 is 35.3 Å². The zero-order chi connectivity index (χ0) is 25.2. The number of hydrogen-bond acceptors (Lipinski definition) is 3. The molecule has 1 unspecified atom stereocenters. The van der Waals surface area contributed by atoms with Gasteiger partial charge in [-0.25, -0.2) is 0 Å². The van der Waals surface area contributed by atoms with Gasteiger partial charge in [0.1, 0.15) is 0 Å². The van der Waals surface area contributed by atoms with Crippen molar-refractivity contribution in [3.8, 4) is 0 Å². The number of carbonyl (C=O) groups excluding carboxylic acids is 3. The molecule has 3 aromatic carbocycles. The summed E-state index contributed by atoms with van der Waals surface area (Å²) in [6.45, 7) is 6.30. The number of carbonyl (C=O) groups is 3. The van der Waals surface area contributed by atoms with Gasteiger partial charge in [0, 0.05) is 5.69 Å². The zero-order valence-corrected chi connectivity index (χ0v) is 20.4. The van der Waals surface area contributed by atoms with E-state index in [1.54, 1.807) is 36.4 Å². The van der Waals surface area contributed by atoms with Crippen molar-refractivity contribution in [3.63, 3.8) is 0 Å². The number of hydrogen-bond donors (Lipinski definition) is 1. The van der Waals surface area contributed by atoms with Crippen LogP contribution in [-0.2, 0) is 20.8 Å². The summed E-state index contributed by atoms with van der Waals surface area (Å²) in [4.78, 5) is 39.1. The summed E-state index contributed by atoms with van der Waals surface area (Å²) >= 11 is 0. The highest BCUT2D eigenvalue weighted by atomic mass is 16.2. The van der Waals surface area contributed by atoms with E-state index >= 15 is 0 Å². The number of amides is 1. The molecule has 0 heterocycles. The molecule has 0 saturated heterocycles. The molecule has 3 aromatic rings. The predicted molar refractivity (Wildman–Crippen MR) is 143 cm³/mol. The van der Waals surface area contributed by atoms with Gasteiger partial charge >= 0.3 is 0 Å². The molecule has 0 bridgehead atoms. The first-order valence-corrected chi connectivity index (χ1v) is 11.9. The van der Waals surface area contributed by atoms with E-state index in [9.17, 15) is 14.4 Å². The van der Waals surface area contributed by atoms with Crippen molar-refractivity contribution in [2.45, 2.75) is 33.1 Å². The highest BCUT2D eigenvalue weighted by Gasteiger charge is 2.31. The summed E-state index contributed by atoms with van der Waals surface area (Å²) in [5, 5.41) is 2.69.